The Labute approximate surface area is 100 Å². The lowest BCUT2D eigenvalue weighted by Gasteiger charge is -2.08. The first-order chi connectivity index (χ1) is 7.77. The molecule has 0 saturated carbocycles. The van der Waals surface area contributed by atoms with Gasteiger partial charge in [-0.3, -0.25) is 0 Å². The molecule has 0 atom stereocenters. The van der Waals surface area contributed by atoms with E-state index >= 15 is 0 Å². The van der Waals surface area contributed by atoms with Crippen LogP contribution < -0.4 is 10.0 Å². The van der Waals surface area contributed by atoms with Gasteiger partial charge in [0.1, 0.15) is 0 Å². The molecular formula is C9H19F3N2O2S. The Morgan fingerprint density at radius 1 is 1.12 bits per heavy atom. The van der Waals surface area contributed by atoms with Crippen molar-refractivity contribution in [1.82, 2.24) is 10.0 Å². The van der Waals surface area contributed by atoms with Crippen LogP contribution >= 0.6 is 0 Å². The summed E-state index contributed by atoms with van der Waals surface area (Å²) in [5, 5.41) is 3.01. The number of rotatable bonds is 9. The molecule has 4 nitrogen and oxygen atoms in total. The monoisotopic (exact) mass is 276 g/mol. The summed E-state index contributed by atoms with van der Waals surface area (Å²) in [5.74, 6) is -0.478. The average Bonchev–Trinajstić information content (AvgIpc) is 2.14. The van der Waals surface area contributed by atoms with Crippen molar-refractivity contribution in [2.24, 2.45) is 0 Å². The molecule has 0 aliphatic rings. The van der Waals surface area contributed by atoms with Crippen LogP contribution in [0.25, 0.3) is 0 Å². The highest BCUT2D eigenvalue weighted by Gasteiger charge is 2.27. The summed E-state index contributed by atoms with van der Waals surface area (Å²) in [4.78, 5) is 0. The molecule has 8 heteroatoms. The van der Waals surface area contributed by atoms with E-state index in [-0.39, 0.29) is 6.54 Å². The topological polar surface area (TPSA) is 58.2 Å². The molecule has 0 rings (SSSR count). The highest BCUT2D eigenvalue weighted by atomic mass is 32.2. The van der Waals surface area contributed by atoms with E-state index in [1.54, 1.807) is 0 Å². The van der Waals surface area contributed by atoms with Gasteiger partial charge in [0.2, 0.25) is 10.0 Å². The van der Waals surface area contributed by atoms with Crippen molar-refractivity contribution in [2.75, 3.05) is 25.4 Å². The molecule has 0 fully saturated rings. The van der Waals surface area contributed by atoms with Gasteiger partial charge in [-0.25, -0.2) is 13.1 Å². The zero-order chi connectivity index (χ0) is 13.4. The van der Waals surface area contributed by atoms with Gasteiger partial charge in [0.15, 0.2) is 0 Å². The van der Waals surface area contributed by atoms with Gasteiger partial charge in [0.05, 0.1) is 5.75 Å². The van der Waals surface area contributed by atoms with Crippen LogP contribution in [0.5, 0.6) is 0 Å². The van der Waals surface area contributed by atoms with Gasteiger partial charge in [0, 0.05) is 13.0 Å². The van der Waals surface area contributed by atoms with Crippen LogP contribution in [0.1, 0.15) is 26.2 Å². The van der Waals surface area contributed by atoms with E-state index in [4.69, 9.17) is 0 Å². The molecule has 0 aromatic heterocycles. The fraction of sp³-hybridized carbons (Fsp3) is 1.00. The van der Waals surface area contributed by atoms with Crippen molar-refractivity contribution < 1.29 is 21.6 Å². The van der Waals surface area contributed by atoms with Gasteiger partial charge in [-0.2, -0.15) is 13.2 Å². The van der Waals surface area contributed by atoms with E-state index in [0.29, 0.717) is 13.0 Å². The minimum atomic E-state index is -4.29. The standard InChI is InChI=1S/C9H19F3N2O2S/c1-2-13-6-4-7-14-17(15,16)8-3-5-9(10,11)12/h13-14H,2-8H2,1H3. The van der Waals surface area contributed by atoms with Gasteiger partial charge in [0.25, 0.3) is 0 Å². The Bertz CT molecular complexity index is 291. The highest BCUT2D eigenvalue weighted by molar-refractivity contribution is 7.89. The maximum Gasteiger partial charge on any atom is 0.389 e. The third kappa shape index (κ3) is 11.9. The fourth-order valence-corrected chi connectivity index (χ4v) is 2.28. The van der Waals surface area contributed by atoms with Crippen molar-refractivity contribution in [3.8, 4) is 0 Å². The van der Waals surface area contributed by atoms with E-state index in [0.717, 1.165) is 6.54 Å². The summed E-state index contributed by atoms with van der Waals surface area (Å²) in [6.45, 7) is 3.67. The molecule has 104 valence electrons. The average molecular weight is 276 g/mol. The van der Waals surface area contributed by atoms with Crippen LogP contribution in [0.2, 0.25) is 0 Å². The normalized spacial score (nSPS) is 12.9. The molecule has 0 unspecified atom stereocenters. The molecule has 0 aromatic carbocycles. The third-order valence-corrected chi connectivity index (χ3v) is 3.45. The molecule has 0 aliphatic heterocycles. The number of hydrogen-bond donors (Lipinski definition) is 2. The number of hydrogen-bond acceptors (Lipinski definition) is 3. The second-order valence-corrected chi connectivity index (χ2v) is 5.57. The van der Waals surface area contributed by atoms with Gasteiger partial charge >= 0.3 is 6.18 Å². The maximum absolute atomic E-state index is 11.8. The Morgan fingerprint density at radius 3 is 2.29 bits per heavy atom. The van der Waals surface area contributed by atoms with Crippen molar-refractivity contribution >= 4 is 10.0 Å². The zero-order valence-electron chi connectivity index (χ0n) is 9.81. The second-order valence-electron chi connectivity index (χ2n) is 3.64. The predicted octanol–water partition coefficient (Wildman–Crippen LogP) is 1.25. The molecule has 0 aliphatic carbocycles. The van der Waals surface area contributed by atoms with Crippen LogP contribution in [0.3, 0.4) is 0 Å². The zero-order valence-corrected chi connectivity index (χ0v) is 10.6. The van der Waals surface area contributed by atoms with E-state index in [2.05, 4.69) is 10.0 Å². The minimum absolute atomic E-state index is 0.251. The SMILES string of the molecule is CCNCCCNS(=O)(=O)CCCC(F)(F)F. The number of nitrogens with one attached hydrogen (secondary N) is 2. The van der Waals surface area contributed by atoms with Crippen LogP contribution in [-0.2, 0) is 10.0 Å². The van der Waals surface area contributed by atoms with Crippen LogP contribution in [-0.4, -0.2) is 40.0 Å². The number of halogens is 3. The van der Waals surface area contributed by atoms with E-state index in [9.17, 15) is 21.6 Å². The Hall–Kier alpha value is -0.340. The van der Waals surface area contributed by atoms with E-state index in [1.807, 2.05) is 6.92 Å². The van der Waals surface area contributed by atoms with Crippen LogP contribution in [0.4, 0.5) is 13.2 Å². The molecule has 0 bridgehead atoms. The molecular weight excluding hydrogens is 257 g/mol. The molecule has 0 saturated heterocycles. The van der Waals surface area contributed by atoms with E-state index in [1.165, 1.54) is 0 Å². The van der Waals surface area contributed by atoms with Gasteiger partial charge in [-0.05, 0) is 25.9 Å². The Kier molecular flexibility index (Phi) is 7.73. The largest absolute Gasteiger partial charge is 0.389 e. The van der Waals surface area contributed by atoms with Gasteiger partial charge < -0.3 is 5.32 Å². The summed E-state index contributed by atoms with van der Waals surface area (Å²) in [5.41, 5.74) is 0. The third-order valence-electron chi connectivity index (χ3n) is 1.98. The van der Waals surface area contributed by atoms with E-state index < -0.39 is 34.8 Å². The van der Waals surface area contributed by atoms with Crippen molar-refractivity contribution in [1.29, 1.82) is 0 Å². The second kappa shape index (κ2) is 7.88. The summed E-state index contributed by atoms with van der Waals surface area (Å²) < 4.78 is 60.2. The molecule has 0 amide bonds. The summed E-state index contributed by atoms with van der Waals surface area (Å²) >= 11 is 0. The first-order valence-corrected chi connectivity index (χ1v) is 7.17. The number of sulfonamides is 1. The summed E-state index contributed by atoms with van der Waals surface area (Å²) in [6, 6.07) is 0. The molecule has 2 N–H and O–H groups in total. The first-order valence-electron chi connectivity index (χ1n) is 5.51. The highest BCUT2D eigenvalue weighted by Crippen LogP contribution is 2.21. The molecule has 0 heterocycles. The van der Waals surface area contributed by atoms with Gasteiger partial charge in [-0.15, -0.1) is 0 Å². The van der Waals surface area contributed by atoms with Crippen molar-refractivity contribution in [3.63, 3.8) is 0 Å². The summed E-state index contributed by atoms with van der Waals surface area (Å²) in [7, 11) is -3.57. The number of alkyl halides is 3. The van der Waals surface area contributed by atoms with Crippen molar-refractivity contribution in [3.05, 3.63) is 0 Å². The lowest BCUT2D eigenvalue weighted by molar-refractivity contribution is -0.134. The lowest BCUT2D eigenvalue weighted by Crippen LogP contribution is -2.29. The molecule has 17 heavy (non-hydrogen) atoms. The minimum Gasteiger partial charge on any atom is -0.317 e. The smallest absolute Gasteiger partial charge is 0.317 e. The maximum atomic E-state index is 11.8. The summed E-state index contributed by atoms with van der Waals surface area (Å²) in [6.07, 6.45) is -5.13. The predicted molar refractivity (Wildman–Crippen MR) is 60.2 cm³/mol. The quantitative estimate of drug-likeness (QED) is 0.623. The Balaban J connectivity index is 3.67. The van der Waals surface area contributed by atoms with Crippen LogP contribution in [0.15, 0.2) is 0 Å². The molecule has 0 spiro atoms. The Morgan fingerprint density at radius 2 is 1.76 bits per heavy atom. The van der Waals surface area contributed by atoms with Gasteiger partial charge in [-0.1, -0.05) is 6.92 Å². The molecule has 0 radical (unpaired) electrons. The first kappa shape index (κ1) is 16.7. The lowest BCUT2D eigenvalue weighted by atomic mass is 10.3. The van der Waals surface area contributed by atoms with Crippen molar-refractivity contribution in [2.45, 2.75) is 32.4 Å². The van der Waals surface area contributed by atoms with Crippen LogP contribution in [0, 0.1) is 0 Å². The molecule has 0 aromatic rings. The fourth-order valence-electron chi connectivity index (χ4n) is 1.15.